The van der Waals surface area contributed by atoms with Gasteiger partial charge in [0.15, 0.2) is 0 Å². The summed E-state index contributed by atoms with van der Waals surface area (Å²) in [6, 6.07) is 13.9. The van der Waals surface area contributed by atoms with Gasteiger partial charge in [-0.1, -0.05) is 0 Å². The molecule has 0 aliphatic heterocycles. The van der Waals surface area contributed by atoms with Gasteiger partial charge in [-0.2, -0.15) is 0 Å². The summed E-state index contributed by atoms with van der Waals surface area (Å²) in [5, 5.41) is 0. The number of halogens is 1. The van der Waals surface area contributed by atoms with Crippen molar-refractivity contribution >= 4 is 20.9 Å². The van der Waals surface area contributed by atoms with Crippen LogP contribution in [0.3, 0.4) is 0 Å². The van der Waals surface area contributed by atoms with Crippen LogP contribution < -0.4 is 4.43 Å². The average Bonchev–Trinajstić information content (AvgIpc) is 2.39. The van der Waals surface area contributed by atoms with Crippen LogP contribution in [0.5, 0.6) is 5.75 Å². The number of aliphatic imine (C=N–C) groups is 1. The molecule has 98 valence electrons. The molecule has 0 aromatic heterocycles. The SMILES string of the molecule is C[SiH](C)Oc1ccc(C=Nc2ccc(F)cc2)cc1. The fourth-order valence-electron chi connectivity index (χ4n) is 1.58. The molecular weight excluding hydrogens is 257 g/mol. The number of hydrogen-bond acceptors (Lipinski definition) is 2. The first-order valence-corrected chi connectivity index (χ1v) is 8.98. The number of nitrogens with zero attached hydrogens (tertiary/aromatic N) is 1. The Balaban J connectivity index is 2.04. The molecule has 0 atom stereocenters. The Hall–Kier alpha value is -1.94. The summed E-state index contributed by atoms with van der Waals surface area (Å²) in [5.74, 6) is 0.652. The number of benzene rings is 2. The van der Waals surface area contributed by atoms with Gasteiger partial charge in [0, 0.05) is 6.21 Å². The molecule has 2 aromatic carbocycles. The molecule has 0 aliphatic carbocycles. The van der Waals surface area contributed by atoms with Crippen LogP contribution in [0.4, 0.5) is 10.1 Å². The lowest BCUT2D eigenvalue weighted by molar-refractivity contribution is 0.581. The Kier molecular flexibility index (Phi) is 4.47. The van der Waals surface area contributed by atoms with Crippen LogP contribution in [0.1, 0.15) is 5.56 Å². The molecule has 0 aliphatic rings. The lowest BCUT2D eigenvalue weighted by atomic mass is 10.2. The van der Waals surface area contributed by atoms with Gasteiger partial charge in [-0.3, -0.25) is 4.99 Å². The molecule has 2 rings (SSSR count). The normalized spacial score (nSPS) is 11.2. The quantitative estimate of drug-likeness (QED) is 0.611. The lowest BCUT2D eigenvalue weighted by Crippen LogP contribution is -2.10. The Morgan fingerprint density at radius 3 is 2.21 bits per heavy atom. The van der Waals surface area contributed by atoms with E-state index in [0.717, 1.165) is 17.0 Å². The average molecular weight is 273 g/mol. The van der Waals surface area contributed by atoms with Crippen LogP contribution in [-0.4, -0.2) is 15.3 Å². The Labute approximate surface area is 114 Å². The highest BCUT2D eigenvalue weighted by Gasteiger charge is 1.98. The van der Waals surface area contributed by atoms with Gasteiger partial charge in [0.25, 0.3) is 0 Å². The van der Waals surface area contributed by atoms with E-state index in [1.807, 2.05) is 24.3 Å². The summed E-state index contributed by atoms with van der Waals surface area (Å²) in [7, 11) is -1.05. The molecule has 0 N–H and O–H groups in total. The minimum atomic E-state index is -1.05. The van der Waals surface area contributed by atoms with Crippen LogP contribution in [0.25, 0.3) is 0 Å². The standard InChI is InChI=1S/C15H16FNOSi/c1-19(2)18-15-9-3-12(4-10-15)11-17-14-7-5-13(16)6-8-14/h3-11,19H,1-2H3. The molecule has 19 heavy (non-hydrogen) atoms. The fraction of sp³-hybridized carbons (Fsp3) is 0.133. The third kappa shape index (κ3) is 4.33. The molecule has 2 aromatic rings. The highest BCUT2D eigenvalue weighted by molar-refractivity contribution is 6.49. The summed E-state index contributed by atoms with van der Waals surface area (Å²) in [6.45, 7) is 4.26. The van der Waals surface area contributed by atoms with Crippen LogP contribution in [0, 0.1) is 5.82 Å². The number of rotatable bonds is 4. The summed E-state index contributed by atoms with van der Waals surface area (Å²) < 4.78 is 18.4. The molecule has 0 amide bonds. The summed E-state index contributed by atoms with van der Waals surface area (Å²) in [4.78, 5) is 4.28. The van der Waals surface area contributed by atoms with Crippen molar-refractivity contribution in [2.45, 2.75) is 13.1 Å². The van der Waals surface area contributed by atoms with E-state index >= 15 is 0 Å². The van der Waals surface area contributed by atoms with Crippen molar-refractivity contribution in [3.63, 3.8) is 0 Å². The van der Waals surface area contributed by atoms with Gasteiger partial charge < -0.3 is 4.43 Å². The highest BCUT2D eigenvalue weighted by atomic mass is 28.3. The van der Waals surface area contributed by atoms with Crippen molar-refractivity contribution in [3.05, 3.63) is 59.9 Å². The van der Waals surface area contributed by atoms with Crippen LogP contribution in [0.15, 0.2) is 53.5 Å². The Bertz CT molecular complexity index is 549. The van der Waals surface area contributed by atoms with Gasteiger partial charge in [0.1, 0.15) is 11.6 Å². The van der Waals surface area contributed by atoms with Crippen molar-refractivity contribution in [2.75, 3.05) is 0 Å². The molecule has 0 spiro atoms. The van der Waals surface area contributed by atoms with Crippen molar-refractivity contribution in [2.24, 2.45) is 4.99 Å². The van der Waals surface area contributed by atoms with E-state index in [1.54, 1.807) is 18.3 Å². The van der Waals surface area contributed by atoms with Crippen molar-refractivity contribution in [1.29, 1.82) is 0 Å². The topological polar surface area (TPSA) is 21.6 Å². The van der Waals surface area contributed by atoms with Gasteiger partial charge >= 0.3 is 0 Å². The molecule has 0 saturated heterocycles. The highest BCUT2D eigenvalue weighted by Crippen LogP contribution is 2.14. The predicted octanol–water partition coefficient (Wildman–Crippen LogP) is 3.94. The van der Waals surface area contributed by atoms with E-state index < -0.39 is 9.04 Å². The van der Waals surface area contributed by atoms with E-state index in [0.29, 0.717) is 0 Å². The van der Waals surface area contributed by atoms with Gasteiger partial charge in [-0.25, -0.2) is 4.39 Å². The summed E-state index contributed by atoms with van der Waals surface area (Å²) in [6.07, 6.45) is 1.75. The van der Waals surface area contributed by atoms with Crippen molar-refractivity contribution in [1.82, 2.24) is 0 Å². The molecular formula is C15H16FNOSi. The van der Waals surface area contributed by atoms with Gasteiger partial charge in [-0.15, -0.1) is 0 Å². The van der Waals surface area contributed by atoms with Gasteiger partial charge in [0.2, 0.25) is 9.04 Å². The van der Waals surface area contributed by atoms with Crippen LogP contribution in [0.2, 0.25) is 13.1 Å². The molecule has 4 heteroatoms. The molecule has 0 radical (unpaired) electrons. The zero-order valence-corrected chi connectivity index (χ0v) is 12.2. The van der Waals surface area contributed by atoms with Gasteiger partial charge in [0.05, 0.1) is 5.69 Å². The van der Waals surface area contributed by atoms with E-state index in [1.165, 1.54) is 12.1 Å². The first-order chi connectivity index (χ1) is 9.13. The monoisotopic (exact) mass is 273 g/mol. The van der Waals surface area contributed by atoms with E-state index in [2.05, 4.69) is 18.1 Å². The largest absolute Gasteiger partial charge is 0.547 e. The second kappa shape index (κ2) is 6.29. The minimum absolute atomic E-state index is 0.252. The second-order valence-corrected chi connectivity index (χ2v) is 6.80. The second-order valence-electron chi connectivity index (χ2n) is 4.47. The smallest absolute Gasteiger partial charge is 0.229 e. The van der Waals surface area contributed by atoms with Crippen molar-refractivity contribution in [3.8, 4) is 5.75 Å². The van der Waals surface area contributed by atoms with Crippen LogP contribution in [-0.2, 0) is 0 Å². The molecule has 0 bridgehead atoms. The first kappa shape index (κ1) is 13.5. The van der Waals surface area contributed by atoms with Crippen LogP contribution >= 0.6 is 0 Å². The molecule has 0 unspecified atom stereocenters. The zero-order valence-electron chi connectivity index (χ0n) is 11.0. The molecule has 0 fully saturated rings. The molecule has 0 heterocycles. The lowest BCUT2D eigenvalue weighted by Gasteiger charge is -2.08. The minimum Gasteiger partial charge on any atom is -0.547 e. The Morgan fingerprint density at radius 1 is 1.00 bits per heavy atom. The van der Waals surface area contributed by atoms with E-state index in [4.69, 9.17) is 4.43 Å². The fourth-order valence-corrected chi connectivity index (χ4v) is 2.28. The maximum Gasteiger partial charge on any atom is 0.229 e. The summed E-state index contributed by atoms with van der Waals surface area (Å²) in [5.41, 5.74) is 1.72. The Morgan fingerprint density at radius 2 is 1.63 bits per heavy atom. The van der Waals surface area contributed by atoms with Gasteiger partial charge in [-0.05, 0) is 67.2 Å². The van der Waals surface area contributed by atoms with E-state index in [9.17, 15) is 4.39 Å². The van der Waals surface area contributed by atoms with E-state index in [-0.39, 0.29) is 5.82 Å². The summed E-state index contributed by atoms with van der Waals surface area (Å²) >= 11 is 0. The third-order valence-electron chi connectivity index (χ3n) is 2.44. The molecule has 2 nitrogen and oxygen atoms in total. The third-order valence-corrected chi connectivity index (χ3v) is 3.18. The number of hydrogen-bond donors (Lipinski definition) is 0. The first-order valence-electron chi connectivity index (χ1n) is 6.20. The predicted molar refractivity (Wildman–Crippen MR) is 79.6 cm³/mol. The maximum absolute atomic E-state index is 12.7. The maximum atomic E-state index is 12.7. The van der Waals surface area contributed by atoms with Crippen molar-refractivity contribution < 1.29 is 8.82 Å². The zero-order chi connectivity index (χ0) is 13.7. The molecule has 0 saturated carbocycles.